The lowest BCUT2D eigenvalue weighted by atomic mass is 10.2. The molecule has 0 saturated heterocycles. The van der Waals surface area contributed by atoms with Gasteiger partial charge in [-0.2, -0.15) is 5.10 Å². The molecule has 0 spiro atoms. The van der Waals surface area contributed by atoms with Gasteiger partial charge in [0, 0.05) is 13.1 Å². The maximum absolute atomic E-state index is 13.9. The molecule has 0 atom stereocenters. The van der Waals surface area contributed by atoms with Crippen LogP contribution in [0, 0.1) is 5.82 Å². The topological polar surface area (TPSA) is 39.1 Å². The molecule has 2 rings (SSSR count). The van der Waals surface area contributed by atoms with Crippen LogP contribution in [0.4, 0.5) is 4.39 Å². The van der Waals surface area contributed by atoms with Crippen LogP contribution in [-0.4, -0.2) is 16.3 Å². The first kappa shape index (κ1) is 14.5. The molecular weight excluding hydrogens is 257 g/mol. The quantitative estimate of drug-likeness (QED) is 0.843. The Morgan fingerprint density at radius 1 is 1.35 bits per heavy atom. The van der Waals surface area contributed by atoms with Gasteiger partial charge in [0.15, 0.2) is 17.3 Å². The van der Waals surface area contributed by atoms with Crippen molar-refractivity contribution in [3.05, 3.63) is 42.0 Å². The fourth-order valence-corrected chi connectivity index (χ4v) is 1.88. The van der Waals surface area contributed by atoms with E-state index in [9.17, 15) is 4.39 Å². The van der Waals surface area contributed by atoms with E-state index in [1.54, 1.807) is 23.1 Å². The molecule has 1 aromatic carbocycles. The summed E-state index contributed by atoms with van der Waals surface area (Å²) in [5.74, 6) is 0.418. The van der Waals surface area contributed by atoms with Gasteiger partial charge in [0.05, 0.1) is 12.4 Å². The highest BCUT2D eigenvalue weighted by molar-refractivity contribution is 5.33. The van der Waals surface area contributed by atoms with Gasteiger partial charge in [-0.15, -0.1) is 0 Å². The largest absolute Gasteiger partial charge is 0.451 e. The minimum absolute atomic E-state index is 0.223. The van der Waals surface area contributed by atoms with Gasteiger partial charge in [-0.1, -0.05) is 19.9 Å². The van der Waals surface area contributed by atoms with Gasteiger partial charge in [0.1, 0.15) is 0 Å². The lowest BCUT2D eigenvalue weighted by Gasteiger charge is -2.07. The standard InChI is InChI=1S/C15H20FN3O/c1-3-7-19-11-13(10-18-19)20-15-6-5-12(8-14(15)16)9-17-4-2/h5-6,8,10-11,17H,3-4,7,9H2,1-2H3. The van der Waals surface area contributed by atoms with Crippen molar-refractivity contribution in [2.24, 2.45) is 0 Å². The second-order valence-corrected chi connectivity index (χ2v) is 4.59. The molecule has 0 aliphatic heterocycles. The van der Waals surface area contributed by atoms with Crippen LogP contribution < -0.4 is 10.1 Å². The van der Waals surface area contributed by atoms with E-state index in [0.29, 0.717) is 12.3 Å². The summed E-state index contributed by atoms with van der Waals surface area (Å²) in [5.41, 5.74) is 0.901. The van der Waals surface area contributed by atoms with Crippen molar-refractivity contribution < 1.29 is 9.13 Å². The van der Waals surface area contributed by atoms with E-state index in [1.165, 1.54) is 6.07 Å². The number of halogens is 1. The molecular formula is C15H20FN3O. The molecule has 1 aromatic heterocycles. The molecule has 0 aliphatic rings. The van der Waals surface area contributed by atoms with Crippen LogP contribution in [0.15, 0.2) is 30.6 Å². The summed E-state index contributed by atoms with van der Waals surface area (Å²) >= 11 is 0. The van der Waals surface area contributed by atoms with E-state index in [1.807, 2.05) is 13.0 Å². The lowest BCUT2D eigenvalue weighted by Crippen LogP contribution is -2.11. The van der Waals surface area contributed by atoms with Gasteiger partial charge >= 0.3 is 0 Å². The molecule has 0 radical (unpaired) electrons. The van der Waals surface area contributed by atoms with Gasteiger partial charge in [-0.25, -0.2) is 4.39 Å². The highest BCUT2D eigenvalue weighted by Gasteiger charge is 2.07. The van der Waals surface area contributed by atoms with Crippen LogP contribution >= 0.6 is 0 Å². The number of benzene rings is 1. The maximum Gasteiger partial charge on any atom is 0.166 e. The van der Waals surface area contributed by atoms with Crippen LogP contribution in [0.5, 0.6) is 11.5 Å². The lowest BCUT2D eigenvalue weighted by molar-refractivity contribution is 0.440. The smallest absolute Gasteiger partial charge is 0.166 e. The second-order valence-electron chi connectivity index (χ2n) is 4.59. The Bertz CT molecular complexity index is 554. The Labute approximate surface area is 118 Å². The molecule has 0 saturated carbocycles. The van der Waals surface area contributed by atoms with Crippen molar-refractivity contribution >= 4 is 0 Å². The second kappa shape index (κ2) is 7.05. The summed E-state index contributed by atoms with van der Waals surface area (Å²) in [5, 5.41) is 7.31. The molecule has 0 amide bonds. The molecule has 1 heterocycles. The number of hydrogen-bond acceptors (Lipinski definition) is 3. The van der Waals surface area contributed by atoms with E-state index in [0.717, 1.165) is 25.1 Å². The van der Waals surface area contributed by atoms with Crippen LogP contribution in [-0.2, 0) is 13.1 Å². The Morgan fingerprint density at radius 3 is 2.90 bits per heavy atom. The molecule has 4 nitrogen and oxygen atoms in total. The zero-order valence-corrected chi connectivity index (χ0v) is 11.9. The summed E-state index contributed by atoms with van der Waals surface area (Å²) < 4.78 is 21.2. The normalized spacial score (nSPS) is 10.8. The Balaban J connectivity index is 2.04. The fraction of sp³-hybridized carbons (Fsp3) is 0.400. The van der Waals surface area contributed by atoms with Crippen LogP contribution in [0.1, 0.15) is 25.8 Å². The maximum atomic E-state index is 13.9. The van der Waals surface area contributed by atoms with Crippen molar-refractivity contribution in [2.75, 3.05) is 6.54 Å². The molecule has 108 valence electrons. The van der Waals surface area contributed by atoms with Gasteiger partial charge in [-0.3, -0.25) is 4.68 Å². The average molecular weight is 277 g/mol. The zero-order valence-electron chi connectivity index (χ0n) is 11.9. The number of nitrogens with one attached hydrogen (secondary N) is 1. The third-order valence-electron chi connectivity index (χ3n) is 2.87. The van der Waals surface area contributed by atoms with Crippen molar-refractivity contribution in [2.45, 2.75) is 33.4 Å². The summed E-state index contributed by atoms with van der Waals surface area (Å²) in [6.45, 7) is 6.43. The number of aryl methyl sites for hydroxylation is 1. The van der Waals surface area contributed by atoms with Crippen LogP contribution in [0.25, 0.3) is 0 Å². The number of hydrogen-bond donors (Lipinski definition) is 1. The number of rotatable bonds is 7. The van der Waals surface area contributed by atoms with E-state index < -0.39 is 0 Å². The third-order valence-corrected chi connectivity index (χ3v) is 2.87. The summed E-state index contributed by atoms with van der Waals surface area (Å²) in [6, 6.07) is 5.01. The van der Waals surface area contributed by atoms with Crippen molar-refractivity contribution in [3.63, 3.8) is 0 Å². The van der Waals surface area contributed by atoms with Crippen molar-refractivity contribution in [1.82, 2.24) is 15.1 Å². The van der Waals surface area contributed by atoms with E-state index in [-0.39, 0.29) is 11.6 Å². The molecule has 0 unspecified atom stereocenters. The molecule has 0 bridgehead atoms. The highest BCUT2D eigenvalue weighted by atomic mass is 19.1. The van der Waals surface area contributed by atoms with Crippen LogP contribution in [0.3, 0.4) is 0 Å². The Hall–Kier alpha value is -1.88. The van der Waals surface area contributed by atoms with Gasteiger partial charge < -0.3 is 10.1 Å². The molecule has 1 N–H and O–H groups in total. The highest BCUT2D eigenvalue weighted by Crippen LogP contribution is 2.24. The SMILES string of the molecule is CCCn1cc(Oc2ccc(CNCC)cc2F)cn1. The molecule has 0 aliphatic carbocycles. The zero-order chi connectivity index (χ0) is 14.4. The summed E-state index contributed by atoms with van der Waals surface area (Å²) in [6.07, 6.45) is 4.37. The van der Waals surface area contributed by atoms with E-state index in [4.69, 9.17) is 4.74 Å². The monoisotopic (exact) mass is 277 g/mol. The van der Waals surface area contributed by atoms with Gasteiger partial charge in [0.25, 0.3) is 0 Å². The molecule has 20 heavy (non-hydrogen) atoms. The van der Waals surface area contributed by atoms with Crippen molar-refractivity contribution in [1.29, 1.82) is 0 Å². The first-order valence-corrected chi connectivity index (χ1v) is 6.92. The molecule has 0 fully saturated rings. The van der Waals surface area contributed by atoms with Crippen LogP contribution in [0.2, 0.25) is 0 Å². The average Bonchev–Trinajstić information content (AvgIpc) is 2.87. The van der Waals surface area contributed by atoms with E-state index in [2.05, 4.69) is 17.3 Å². The fourth-order valence-electron chi connectivity index (χ4n) is 1.88. The predicted octanol–water partition coefficient (Wildman–Crippen LogP) is 3.33. The summed E-state index contributed by atoms with van der Waals surface area (Å²) in [4.78, 5) is 0. The first-order valence-electron chi connectivity index (χ1n) is 6.92. The minimum atomic E-state index is -0.358. The molecule has 2 aromatic rings. The number of nitrogens with zero attached hydrogens (tertiary/aromatic N) is 2. The van der Waals surface area contributed by atoms with Gasteiger partial charge in [-0.05, 0) is 30.7 Å². The Kier molecular flexibility index (Phi) is 5.12. The Morgan fingerprint density at radius 2 is 2.20 bits per heavy atom. The number of aromatic nitrogens is 2. The minimum Gasteiger partial charge on any atom is -0.451 e. The van der Waals surface area contributed by atoms with E-state index >= 15 is 0 Å². The summed E-state index contributed by atoms with van der Waals surface area (Å²) in [7, 11) is 0. The molecule has 5 heteroatoms. The third kappa shape index (κ3) is 3.81. The first-order chi connectivity index (χ1) is 9.72. The van der Waals surface area contributed by atoms with Gasteiger partial charge in [0.2, 0.25) is 0 Å². The van der Waals surface area contributed by atoms with Crippen molar-refractivity contribution in [3.8, 4) is 11.5 Å². The number of ether oxygens (including phenoxy) is 1. The predicted molar refractivity (Wildman–Crippen MR) is 76.4 cm³/mol.